The van der Waals surface area contributed by atoms with Crippen LogP contribution in [-0.4, -0.2) is 29.2 Å². The third kappa shape index (κ3) is 3.35. The maximum atomic E-state index is 5.78. The van der Waals surface area contributed by atoms with Gasteiger partial charge in [0.05, 0.1) is 24.8 Å². The smallest absolute Gasteiger partial charge is 0.0752 e. The maximum Gasteiger partial charge on any atom is 0.0752 e. The summed E-state index contributed by atoms with van der Waals surface area (Å²) < 4.78 is 5.78. The van der Waals surface area contributed by atoms with E-state index in [2.05, 4.69) is 59.5 Å². The number of pyridine rings is 2. The standard InChI is InChI=1S/C21H23N3O/c1-14-9-15(2)21-18(10-14)19(5-8-23-21)24-20-13-25-12-17(20)11-16-3-6-22-7-4-16/h3-10,17,20H,11-13H2,1-2H3,(H,23,24)/t17-,20-/m1/s1. The molecule has 4 nitrogen and oxygen atoms in total. The Labute approximate surface area is 148 Å². The van der Waals surface area contributed by atoms with Crippen molar-refractivity contribution in [2.24, 2.45) is 5.92 Å². The zero-order valence-corrected chi connectivity index (χ0v) is 14.7. The normalized spacial score (nSPS) is 20.1. The molecule has 1 aliphatic rings. The summed E-state index contributed by atoms with van der Waals surface area (Å²) in [6.45, 7) is 5.79. The van der Waals surface area contributed by atoms with E-state index in [1.807, 2.05) is 18.6 Å². The average Bonchev–Trinajstić information content (AvgIpc) is 3.03. The summed E-state index contributed by atoms with van der Waals surface area (Å²) in [6.07, 6.45) is 6.60. The van der Waals surface area contributed by atoms with Crippen LogP contribution in [0.1, 0.15) is 16.7 Å². The lowest BCUT2D eigenvalue weighted by atomic mass is 9.95. The number of aromatic nitrogens is 2. The highest BCUT2D eigenvalue weighted by Crippen LogP contribution is 2.29. The lowest BCUT2D eigenvalue weighted by molar-refractivity contribution is 0.185. The number of nitrogens with one attached hydrogen (secondary N) is 1. The van der Waals surface area contributed by atoms with Gasteiger partial charge >= 0.3 is 0 Å². The van der Waals surface area contributed by atoms with Crippen LogP contribution in [0.15, 0.2) is 48.9 Å². The SMILES string of the molecule is Cc1cc(C)c2nccc(N[C@@H]3COC[C@H]3Cc3ccncc3)c2c1. The number of fused-ring (bicyclic) bond motifs is 1. The molecule has 0 spiro atoms. The number of aryl methyl sites for hydroxylation is 2. The predicted octanol–water partition coefficient (Wildman–Crippen LogP) is 3.92. The first-order chi connectivity index (χ1) is 12.2. The third-order valence-electron chi connectivity index (χ3n) is 4.97. The Hall–Kier alpha value is -2.46. The van der Waals surface area contributed by atoms with Gasteiger partial charge in [0.15, 0.2) is 0 Å². The molecule has 0 amide bonds. The monoisotopic (exact) mass is 333 g/mol. The molecule has 0 saturated carbocycles. The highest BCUT2D eigenvalue weighted by molar-refractivity contribution is 5.93. The summed E-state index contributed by atoms with van der Waals surface area (Å²) in [5.74, 6) is 0.455. The van der Waals surface area contributed by atoms with Gasteiger partial charge in [0, 0.05) is 35.6 Å². The molecule has 1 saturated heterocycles. The number of benzene rings is 1. The van der Waals surface area contributed by atoms with Crippen LogP contribution >= 0.6 is 0 Å². The molecule has 1 fully saturated rings. The molecule has 1 aromatic carbocycles. The van der Waals surface area contributed by atoms with Crippen LogP contribution in [0.2, 0.25) is 0 Å². The Morgan fingerprint density at radius 1 is 1.08 bits per heavy atom. The van der Waals surface area contributed by atoms with E-state index in [0.717, 1.165) is 30.8 Å². The van der Waals surface area contributed by atoms with Gasteiger partial charge in [-0.3, -0.25) is 9.97 Å². The Balaban J connectivity index is 1.60. The van der Waals surface area contributed by atoms with Gasteiger partial charge in [-0.25, -0.2) is 0 Å². The van der Waals surface area contributed by atoms with Crippen molar-refractivity contribution in [2.75, 3.05) is 18.5 Å². The average molecular weight is 333 g/mol. The van der Waals surface area contributed by atoms with Crippen LogP contribution in [0.4, 0.5) is 5.69 Å². The van der Waals surface area contributed by atoms with Gasteiger partial charge in [0.1, 0.15) is 0 Å². The van der Waals surface area contributed by atoms with E-state index >= 15 is 0 Å². The topological polar surface area (TPSA) is 47.0 Å². The molecule has 2 atom stereocenters. The lowest BCUT2D eigenvalue weighted by Gasteiger charge is -2.21. The van der Waals surface area contributed by atoms with Crippen LogP contribution < -0.4 is 5.32 Å². The second-order valence-electron chi connectivity index (χ2n) is 6.94. The van der Waals surface area contributed by atoms with E-state index in [-0.39, 0.29) is 0 Å². The van der Waals surface area contributed by atoms with Gasteiger partial charge in [-0.15, -0.1) is 0 Å². The Morgan fingerprint density at radius 3 is 2.76 bits per heavy atom. The first-order valence-electron chi connectivity index (χ1n) is 8.80. The van der Waals surface area contributed by atoms with Crippen molar-refractivity contribution in [3.63, 3.8) is 0 Å². The van der Waals surface area contributed by atoms with Gasteiger partial charge in [-0.1, -0.05) is 11.6 Å². The summed E-state index contributed by atoms with van der Waals surface area (Å²) in [7, 11) is 0. The van der Waals surface area contributed by atoms with E-state index in [1.165, 1.54) is 22.1 Å². The molecule has 0 aliphatic carbocycles. The van der Waals surface area contributed by atoms with E-state index in [9.17, 15) is 0 Å². The number of hydrogen-bond acceptors (Lipinski definition) is 4. The second kappa shape index (κ2) is 6.81. The van der Waals surface area contributed by atoms with Crippen LogP contribution in [0, 0.1) is 19.8 Å². The molecule has 1 N–H and O–H groups in total. The summed E-state index contributed by atoms with van der Waals surface area (Å²) >= 11 is 0. The first kappa shape index (κ1) is 16.0. The fraction of sp³-hybridized carbons (Fsp3) is 0.333. The van der Waals surface area contributed by atoms with Gasteiger partial charge < -0.3 is 10.1 Å². The molecule has 0 radical (unpaired) electrons. The minimum Gasteiger partial charge on any atom is -0.379 e. The van der Waals surface area contributed by atoms with Gasteiger partial charge in [0.25, 0.3) is 0 Å². The summed E-state index contributed by atoms with van der Waals surface area (Å²) in [5, 5.41) is 4.92. The van der Waals surface area contributed by atoms with Crippen molar-refractivity contribution < 1.29 is 4.74 Å². The van der Waals surface area contributed by atoms with Crippen LogP contribution in [0.25, 0.3) is 10.9 Å². The summed E-state index contributed by atoms with van der Waals surface area (Å²) in [5.41, 5.74) is 6.00. The lowest BCUT2D eigenvalue weighted by Crippen LogP contribution is -2.29. The Bertz CT molecular complexity index is 879. The molecule has 25 heavy (non-hydrogen) atoms. The fourth-order valence-electron chi connectivity index (χ4n) is 3.72. The van der Waals surface area contributed by atoms with Crippen molar-refractivity contribution in [3.05, 3.63) is 65.6 Å². The third-order valence-corrected chi connectivity index (χ3v) is 4.97. The van der Waals surface area contributed by atoms with Gasteiger partial charge in [0.2, 0.25) is 0 Å². The molecule has 128 valence electrons. The van der Waals surface area contributed by atoms with E-state index in [4.69, 9.17) is 4.74 Å². The fourth-order valence-corrected chi connectivity index (χ4v) is 3.72. The summed E-state index contributed by atoms with van der Waals surface area (Å²) in [6, 6.07) is 11.0. The predicted molar refractivity (Wildman–Crippen MR) is 101 cm³/mol. The molecule has 1 aliphatic heterocycles. The van der Waals surface area contributed by atoms with Gasteiger partial charge in [-0.2, -0.15) is 0 Å². The van der Waals surface area contributed by atoms with E-state index in [0.29, 0.717) is 12.0 Å². The quantitative estimate of drug-likeness (QED) is 0.786. The zero-order chi connectivity index (χ0) is 17.2. The molecule has 4 rings (SSSR count). The number of rotatable bonds is 4. The zero-order valence-electron chi connectivity index (χ0n) is 14.7. The van der Waals surface area contributed by atoms with E-state index < -0.39 is 0 Å². The largest absolute Gasteiger partial charge is 0.379 e. The van der Waals surface area contributed by atoms with Gasteiger partial charge in [-0.05, 0) is 55.7 Å². The molecule has 0 unspecified atom stereocenters. The number of nitrogens with zero attached hydrogens (tertiary/aromatic N) is 2. The van der Waals surface area contributed by atoms with Crippen molar-refractivity contribution in [1.29, 1.82) is 0 Å². The van der Waals surface area contributed by atoms with Crippen molar-refractivity contribution in [1.82, 2.24) is 9.97 Å². The maximum absolute atomic E-state index is 5.78. The van der Waals surface area contributed by atoms with Crippen LogP contribution in [0.3, 0.4) is 0 Å². The molecular formula is C21H23N3O. The number of anilines is 1. The molecule has 3 heterocycles. The van der Waals surface area contributed by atoms with E-state index in [1.54, 1.807) is 0 Å². The minimum atomic E-state index is 0.305. The Morgan fingerprint density at radius 2 is 1.92 bits per heavy atom. The van der Waals surface area contributed by atoms with Crippen molar-refractivity contribution in [2.45, 2.75) is 26.3 Å². The number of ether oxygens (including phenoxy) is 1. The minimum absolute atomic E-state index is 0.305. The van der Waals surface area contributed by atoms with Crippen LogP contribution in [0.5, 0.6) is 0 Å². The highest BCUT2D eigenvalue weighted by atomic mass is 16.5. The molecular weight excluding hydrogens is 310 g/mol. The van der Waals surface area contributed by atoms with Crippen molar-refractivity contribution in [3.8, 4) is 0 Å². The highest BCUT2D eigenvalue weighted by Gasteiger charge is 2.28. The first-order valence-corrected chi connectivity index (χ1v) is 8.80. The molecule has 2 aromatic heterocycles. The molecule has 0 bridgehead atoms. The summed E-state index contributed by atoms with van der Waals surface area (Å²) in [4.78, 5) is 8.67. The molecule has 4 heteroatoms. The van der Waals surface area contributed by atoms with Crippen LogP contribution in [-0.2, 0) is 11.2 Å². The van der Waals surface area contributed by atoms with Crippen molar-refractivity contribution >= 4 is 16.6 Å². The molecule has 3 aromatic rings. The number of hydrogen-bond donors (Lipinski definition) is 1. The Kier molecular flexibility index (Phi) is 4.36. The second-order valence-corrected chi connectivity index (χ2v) is 6.94.